The number of nitrogens with one attached hydrogen (secondary N) is 1. The molecule has 6 nitrogen and oxygen atoms in total. The van der Waals surface area contributed by atoms with Crippen LogP contribution in [0.25, 0.3) is 10.9 Å². The van der Waals surface area contributed by atoms with E-state index in [2.05, 4.69) is 15.3 Å². The Morgan fingerprint density at radius 3 is 2.39 bits per heavy atom. The lowest BCUT2D eigenvalue weighted by molar-refractivity contribution is -0.170. The number of aliphatic hydroxyl groups is 1. The van der Waals surface area contributed by atoms with Crippen molar-refractivity contribution in [2.45, 2.75) is 65.2 Å². The lowest BCUT2D eigenvalue weighted by Crippen LogP contribution is -2.41. The number of benzene rings is 2. The molecule has 0 fully saturated rings. The molecule has 0 aliphatic rings. The van der Waals surface area contributed by atoms with Gasteiger partial charge in [0.1, 0.15) is 29.7 Å². The highest BCUT2D eigenvalue weighted by Crippen LogP contribution is 2.41. The third kappa shape index (κ3) is 5.87. The van der Waals surface area contributed by atoms with Crippen LogP contribution < -0.4 is 10.1 Å². The van der Waals surface area contributed by atoms with E-state index in [0.29, 0.717) is 16.7 Å². The third-order valence-corrected chi connectivity index (χ3v) is 5.61. The predicted octanol–water partition coefficient (Wildman–Crippen LogP) is 6.06. The minimum atomic E-state index is -3.83. The molecule has 0 amide bonds. The first kappa shape index (κ1) is 27.6. The summed E-state index contributed by atoms with van der Waals surface area (Å²) in [5.41, 5.74) is -3.14. The first-order chi connectivity index (χ1) is 16.7. The Kier molecular flexibility index (Phi) is 8.10. The largest absolute Gasteiger partial charge is 0.488 e. The molecule has 36 heavy (non-hydrogen) atoms. The number of nitrogens with zero attached hydrogens (tertiary/aromatic N) is 2. The predicted molar refractivity (Wildman–Crippen MR) is 129 cm³/mol. The van der Waals surface area contributed by atoms with E-state index >= 15 is 4.39 Å². The highest BCUT2D eigenvalue weighted by atomic mass is 19.3. The Labute approximate surface area is 207 Å². The number of ether oxygens (including phenoxy) is 2. The topological polar surface area (TPSA) is 76.5 Å². The quantitative estimate of drug-likeness (QED) is 0.256. The second kappa shape index (κ2) is 10.6. The smallest absolute Gasteiger partial charge is 0.303 e. The number of rotatable bonds is 10. The normalized spacial score (nSPS) is 13.3. The number of hydrogen-bond donors (Lipinski definition) is 2. The molecule has 1 heterocycles. The first-order valence-corrected chi connectivity index (χ1v) is 11.6. The van der Waals surface area contributed by atoms with E-state index < -0.39 is 34.8 Å². The van der Waals surface area contributed by atoms with Crippen LogP contribution in [0.4, 0.5) is 23.4 Å². The summed E-state index contributed by atoms with van der Waals surface area (Å²) in [5, 5.41) is 13.3. The number of anilines is 1. The molecule has 0 aliphatic heterocycles. The molecule has 0 unspecified atom stereocenters. The minimum Gasteiger partial charge on any atom is -0.488 e. The molecular formula is C26H31F4N3O3. The molecule has 0 bridgehead atoms. The van der Waals surface area contributed by atoms with Gasteiger partial charge in [-0.25, -0.2) is 18.7 Å². The summed E-state index contributed by atoms with van der Waals surface area (Å²) in [4.78, 5) is 8.62. The van der Waals surface area contributed by atoms with Gasteiger partial charge in [-0.15, -0.1) is 0 Å². The molecule has 10 heteroatoms. The molecule has 3 rings (SSSR count). The maximum atomic E-state index is 15.2. The number of hydrogen-bond acceptors (Lipinski definition) is 6. The van der Waals surface area contributed by atoms with Crippen LogP contribution in [0.1, 0.15) is 57.6 Å². The second-order valence-corrected chi connectivity index (χ2v) is 9.40. The zero-order chi connectivity index (χ0) is 26.8. The van der Waals surface area contributed by atoms with Gasteiger partial charge in [0.15, 0.2) is 11.6 Å². The van der Waals surface area contributed by atoms with Crippen LogP contribution in [-0.4, -0.2) is 40.0 Å². The van der Waals surface area contributed by atoms with Crippen LogP contribution in [0.5, 0.6) is 5.75 Å². The molecule has 0 spiro atoms. The summed E-state index contributed by atoms with van der Waals surface area (Å²) in [5.74, 6) is -5.02. The zero-order valence-corrected chi connectivity index (χ0v) is 21.1. The fraction of sp³-hybridized carbons (Fsp3) is 0.462. The second-order valence-electron chi connectivity index (χ2n) is 9.40. The van der Waals surface area contributed by atoms with Crippen molar-refractivity contribution in [1.29, 1.82) is 0 Å². The van der Waals surface area contributed by atoms with Crippen LogP contribution >= 0.6 is 0 Å². The van der Waals surface area contributed by atoms with Crippen molar-refractivity contribution < 1.29 is 32.1 Å². The van der Waals surface area contributed by atoms with Gasteiger partial charge in [-0.05, 0) is 53.7 Å². The van der Waals surface area contributed by atoms with Crippen molar-refractivity contribution in [3.05, 3.63) is 58.9 Å². The summed E-state index contributed by atoms with van der Waals surface area (Å²) >= 11 is 0. The standard InChI is InChI=1S/C26H31F4N3O3/c1-14(2)35-10-11-36-22-12-18-21(13-20(22)27)32-16(4)33-24(18)31-15(3)17-8-7-9-19(23(17)28)26(29,30)25(5,6)34/h7-9,12-15,34H,10-11H2,1-6H3,(H,31,32,33)/t15-/m1/s1. The zero-order valence-electron chi connectivity index (χ0n) is 21.1. The highest BCUT2D eigenvalue weighted by molar-refractivity contribution is 5.90. The maximum absolute atomic E-state index is 15.2. The molecular weight excluding hydrogens is 478 g/mol. The van der Waals surface area contributed by atoms with Crippen molar-refractivity contribution in [2.24, 2.45) is 0 Å². The molecule has 1 aromatic heterocycles. The third-order valence-electron chi connectivity index (χ3n) is 5.61. The van der Waals surface area contributed by atoms with E-state index in [1.165, 1.54) is 24.3 Å². The summed E-state index contributed by atoms with van der Waals surface area (Å²) in [6.45, 7) is 9.18. The molecule has 0 aliphatic carbocycles. The van der Waals surface area contributed by atoms with Gasteiger partial charge in [0.2, 0.25) is 0 Å². The lowest BCUT2D eigenvalue weighted by Gasteiger charge is -2.30. The minimum absolute atomic E-state index is 0.00557. The van der Waals surface area contributed by atoms with Gasteiger partial charge in [0, 0.05) is 17.0 Å². The molecule has 196 valence electrons. The summed E-state index contributed by atoms with van der Waals surface area (Å²) in [6.07, 6.45) is 0.00557. The number of alkyl halides is 2. The summed E-state index contributed by atoms with van der Waals surface area (Å²) in [6, 6.07) is 5.45. The lowest BCUT2D eigenvalue weighted by atomic mass is 9.91. The molecule has 3 aromatic rings. The van der Waals surface area contributed by atoms with E-state index in [-0.39, 0.29) is 36.4 Å². The number of aryl methyl sites for hydroxylation is 1. The van der Waals surface area contributed by atoms with E-state index in [0.717, 1.165) is 19.9 Å². The van der Waals surface area contributed by atoms with E-state index in [9.17, 15) is 18.3 Å². The first-order valence-electron chi connectivity index (χ1n) is 11.6. The summed E-state index contributed by atoms with van der Waals surface area (Å²) < 4.78 is 70.2. The van der Waals surface area contributed by atoms with Gasteiger partial charge < -0.3 is 19.9 Å². The van der Waals surface area contributed by atoms with Gasteiger partial charge in [0.25, 0.3) is 0 Å². The Bertz CT molecular complexity index is 1230. The Hall–Kier alpha value is -2.98. The SMILES string of the molecule is Cc1nc(N[C@H](C)c2cccc(C(F)(F)C(C)(C)O)c2F)c2cc(OCCOC(C)C)c(F)cc2n1. The van der Waals surface area contributed by atoms with Crippen LogP contribution in [-0.2, 0) is 10.7 Å². The molecule has 2 aromatic carbocycles. The van der Waals surface area contributed by atoms with Crippen molar-refractivity contribution in [3.63, 3.8) is 0 Å². The molecule has 0 radical (unpaired) electrons. The molecule has 0 saturated carbocycles. The Morgan fingerprint density at radius 2 is 1.75 bits per heavy atom. The van der Waals surface area contributed by atoms with Crippen molar-refractivity contribution in [3.8, 4) is 5.75 Å². The van der Waals surface area contributed by atoms with Crippen molar-refractivity contribution >= 4 is 16.7 Å². The fourth-order valence-electron chi connectivity index (χ4n) is 3.64. The fourth-order valence-corrected chi connectivity index (χ4v) is 3.64. The van der Waals surface area contributed by atoms with Gasteiger partial charge in [-0.2, -0.15) is 8.78 Å². The van der Waals surface area contributed by atoms with Gasteiger partial charge in [-0.1, -0.05) is 12.1 Å². The van der Waals surface area contributed by atoms with Gasteiger partial charge >= 0.3 is 5.92 Å². The average Bonchev–Trinajstić information content (AvgIpc) is 2.76. The average molecular weight is 510 g/mol. The van der Waals surface area contributed by atoms with E-state index in [1.807, 2.05) is 13.8 Å². The Balaban J connectivity index is 1.95. The number of aromatic nitrogens is 2. The Morgan fingerprint density at radius 1 is 1.06 bits per heavy atom. The van der Waals surface area contributed by atoms with Crippen LogP contribution in [0.15, 0.2) is 30.3 Å². The van der Waals surface area contributed by atoms with Crippen LogP contribution in [0.3, 0.4) is 0 Å². The van der Waals surface area contributed by atoms with Gasteiger partial charge in [-0.3, -0.25) is 0 Å². The van der Waals surface area contributed by atoms with Gasteiger partial charge in [0.05, 0.1) is 29.8 Å². The van der Waals surface area contributed by atoms with Crippen molar-refractivity contribution in [2.75, 3.05) is 18.5 Å². The van der Waals surface area contributed by atoms with E-state index in [4.69, 9.17) is 9.47 Å². The monoisotopic (exact) mass is 509 g/mol. The molecule has 2 N–H and O–H groups in total. The molecule has 1 atom stereocenters. The number of halogens is 4. The van der Waals surface area contributed by atoms with Crippen LogP contribution in [0, 0.1) is 18.6 Å². The maximum Gasteiger partial charge on any atom is 0.303 e. The van der Waals surface area contributed by atoms with E-state index in [1.54, 1.807) is 13.8 Å². The molecule has 0 saturated heterocycles. The highest BCUT2D eigenvalue weighted by Gasteiger charge is 2.49. The van der Waals surface area contributed by atoms with Crippen molar-refractivity contribution in [1.82, 2.24) is 9.97 Å². The number of fused-ring (bicyclic) bond motifs is 1. The van der Waals surface area contributed by atoms with Crippen LogP contribution in [0.2, 0.25) is 0 Å². The summed E-state index contributed by atoms with van der Waals surface area (Å²) in [7, 11) is 0.